The van der Waals surface area contributed by atoms with Gasteiger partial charge in [0.2, 0.25) is 0 Å². The van der Waals surface area contributed by atoms with Crippen molar-refractivity contribution in [3.05, 3.63) is 48.2 Å². The zero-order chi connectivity index (χ0) is 16.2. The zero-order valence-electron chi connectivity index (χ0n) is 13.6. The molecular formula is C19H21N3OS. The van der Waals surface area contributed by atoms with E-state index >= 15 is 0 Å². The van der Waals surface area contributed by atoms with Crippen molar-refractivity contribution in [2.24, 2.45) is 0 Å². The van der Waals surface area contributed by atoms with Crippen molar-refractivity contribution in [3.8, 4) is 10.9 Å². The summed E-state index contributed by atoms with van der Waals surface area (Å²) in [5.41, 5.74) is 2.24. The van der Waals surface area contributed by atoms with Crippen LogP contribution >= 0.6 is 11.3 Å². The Labute approximate surface area is 146 Å². The summed E-state index contributed by atoms with van der Waals surface area (Å²) in [6, 6.07) is 12.2. The minimum absolute atomic E-state index is 0.643. The van der Waals surface area contributed by atoms with Gasteiger partial charge in [-0.2, -0.15) is 0 Å². The van der Waals surface area contributed by atoms with Gasteiger partial charge in [0.15, 0.2) is 0 Å². The molecule has 1 aliphatic heterocycles. The fourth-order valence-corrected chi connectivity index (χ4v) is 3.87. The lowest BCUT2D eigenvalue weighted by atomic mass is 10.1. The highest BCUT2D eigenvalue weighted by atomic mass is 32.1. The number of likely N-dealkylation sites (tertiary alicyclic amines) is 1. The zero-order valence-corrected chi connectivity index (χ0v) is 14.5. The van der Waals surface area contributed by atoms with Crippen LogP contribution in [0.5, 0.6) is 10.9 Å². The number of ether oxygens (including phenoxy) is 1. The Balaban J connectivity index is 1.36. The molecule has 0 atom stereocenters. The molecule has 1 aliphatic rings. The van der Waals surface area contributed by atoms with E-state index < -0.39 is 0 Å². The molecule has 1 saturated heterocycles. The van der Waals surface area contributed by atoms with Crippen LogP contribution < -0.4 is 4.74 Å². The number of hydrogen-bond acceptors (Lipinski definition) is 5. The van der Waals surface area contributed by atoms with Crippen LogP contribution in [-0.4, -0.2) is 34.5 Å². The van der Waals surface area contributed by atoms with E-state index in [1.807, 2.05) is 24.3 Å². The van der Waals surface area contributed by atoms with Crippen molar-refractivity contribution >= 4 is 21.7 Å². The maximum Gasteiger partial charge on any atom is 0.281 e. The average molecular weight is 339 g/mol. The van der Waals surface area contributed by atoms with Gasteiger partial charge in [0.1, 0.15) is 16.1 Å². The number of pyridine rings is 1. The van der Waals surface area contributed by atoms with Crippen LogP contribution in [0.15, 0.2) is 42.6 Å². The molecule has 2 aromatic heterocycles. The summed E-state index contributed by atoms with van der Waals surface area (Å²) >= 11 is 1.47. The lowest BCUT2D eigenvalue weighted by molar-refractivity contribution is 0.231. The smallest absolute Gasteiger partial charge is 0.281 e. The molecule has 3 aromatic rings. The number of aromatic nitrogens is 2. The van der Waals surface area contributed by atoms with Gasteiger partial charge in [0.25, 0.3) is 5.19 Å². The van der Waals surface area contributed by atoms with Gasteiger partial charge in [0, 0.05) is 12.7 Å². The summed E-state index contributed by atoms with van der Waals surface area (Å²) in [6.45, 7) is 3.67. The van der Waals surface area contributed by atoms with Gasteiger partial charge in [-0.15, -0.1) is 0 Å². The summed E-state index contributed by atoms with van der Waals surface area (Å²) in [6.07, 6.45) is 6.98. The van der Waals surface area contributed by atoms with Crippen LogP contribution in [0.1, 0.15) is 24.8 Å². The molecule has 0 amide bonds. The van der Waals surface area contributed by atoms with Gasteiger partial charge in [-0.25, -0.2) is 9.97 Å². The highest BCUT2D eigenvalue weighted by Crippen LogP contribution is 2.29. The molecule has 0 N–H and O–H groups in total. The van der Waals surface area contributed by atoms with Crippen LogP contribution in [-0.2, 0) is 6.42 Å². The Morgan fingerprint density at radius 3 is 2.67 bits per heavy atom. The van der Waals surface area contributed by atoms with E-state index in [2.05, 4.69) is 27.0 Å². The SMILES string of the molecule is c1cnc2sc(Oc3ccc(CCN4CCCCC4)cc3)nc2c1. The summed E-state index contributed by atoms with van der Waals surface area (Å²) in [7, 11) is 0. The highest BCUT2D eigenvalue weighted by molar-refractivity contribution is 7.19. The summed E-state index contributed by atoms with van der Waals surface area (Å²) < 4.78 is 5.87. The van der Waals surface area contributed by atoms with E-state index in [1.54, 1.807) is 6.20 Å². The van der Waals surface area contributed by atoms with Crippen molar-refractivity contribution in [1.82, 2.24) is 14.9 Å². The average Bonchev–Trinajstić information content (AvgIpc) is 3.04. The number of fused-ring (bicyclic) bond motifs is 1. The first-order valence-corrected chi connectivity index (χ1v) is 9.39. The molecule has 1 aromatic carbocycles. The van der Waals surface area contributed by atoms with Gasteiger partial charge in [-0.1, -0.05) is 29.9 Å². The first-order chi connectivity index (χ1) is 11.9. The van der Waals surface area contributed by atoms with E-state index in [0.29, 0.717) is 5.19 Å². The monoisotopic (exact) mass is 339 g/mol. The molecule has 0 unspecified atom stereocenters. The number of rotatable bonds is 5. The number of thiazole rings is 1. The molecule has 124 valence electrons. The topological polar surface area (TPSA) is 38.2 Å². The Hall–Kier alpha value is -1.98. The number of hydrogen-bond donors (Lipinski definition) is 0. The molecule has 0 aliphatic carbocycles. The van der Waals surface area contributed by atoms with Crippen LogP contribution in [0.4, 0.5) is 0 Å². The first kappa shape index (κ1) is 15.5. The van der Waals surface area contributed by atoms with Crippen LogP contribution in [0, 0.1) is 0 Å². The molecule has 24 heavy (non-hydrogen) atoms. The van der Waals surface area contributed by atoms with Crippen molar-refractivity contribution in [3.63, 3.8) is 0 Å². The van der Waals surface area contributed by atoms with Gasteiger partial charge >= 0.3 is 0 Å². The lowest BCUT2D eigenvalue weighted by Crippen LogP contribution is -2.31. The molecule has 3 heterocycles. The van der Waals surface area contributed by atoms with Gasteiger partial charge in [-0.3, -0.25) is 0 Å². The predicted molar refractivity (Wildman–Crippen MR) is 97.9 cm³/mol. The second kappa shape index (κ2) is 7.28. The molecular weight excluding hydrogens is 318 g/mol. The van der Waals surface area contributed by atoms with Gasteiger partial charge in [0.05, 0.1) is 0 Å². The van der Waals surface area contributed by atoms with E-state index in [1.165, 1.54) is 49.3 Å². The standard InChI is InChI=1S/C19H21N3OS/c1-2-12-22(13-3-1)14-10-15-6-8-16(9-7-15)23-19-21-17-5-4-11-20-18(17)24-19/h4-9,11H,1-3,10,12-14H2. The normalized spacial score (nSPS) is 15.7. The maximum atomic E-state index is 5.87. The van der Waals surface area contributed by atoms with Crippen molar-refractivity contribution in [2.75, 3.05) is 19.6 Å². The van der Waals surface area contributed by atoms with Crippen LogP contribution in [0.3, 0.4) is 0 Å². The minimum Gasteiger partial charge on any atom is -0.431 e. The Bertz CT molecular complexity index is 761. The van der Waals surface area contributed by atoms with E-state index in [9.17, 15) is 0 Å². The second-order valence-corrected chi connectivity index (χ2v) is 7.15. The van der Waals surface area contributed by atoms with Crippen molar-refractivity contribution in [2.45, 2.75) is 25.7 Å². The third-order valence-electron chi connectivity index (χ3n) is 4.44. The number of piperidine rings is 1. The Morgan fingerprint density at radius 1 is 1.04 bits per heavy atom. The third kappa shape index (κ3) is 3.74. The quantitative estimate of drug-likeness (QED) is 0.685. The summed E-state index contributed by atoms with van der Waals surface area (Å²) in [5.74, 6) is 0.829. The highest BCUT2D eigenvalue weighted by Gasteiger charge is 2.10. The molecule has 0 bridgehead atoms. The summed E-state index contributed by atoms with van der Waals surface area (Å²) in [4.78, 5) is 12.2. The minimum atomic E-state index is 0.643. The molecule has 0 spiro atoms. The van der Waals surface area contributed by atoms with E-state index in [-0.39, 0.29) is 0 Å². The van der Waals surface area contributed by atoms with E-state index in [4.69, 9.17) is 4.74 Å². The fourth-order valence-electron chi connectivity index (χ4n) is 3.09. The number of nitrogens with zero attached hydrogens (tertiary/aromatic N) is 3. The van der Waals surface area contributed by atoms with Crippen molar-refractivity contribution < 1.29 is 4.74 Å². The van der Waals surface area contributed by atoms with Crippen LogP contribution in [0.25, 0.3) is 10.3 Å². The lowest BCUT2D eigenvalue weighted by Gasteiger charge is -2.26. The van der Waals surface area contributed by atoms with Gasteiger partial charge < -0.3 is 9.64 Å². The third-order valence-corrected chi connectivity index (χ3v) is 5.30. The van der Waals surface area contributed by atoms with E-state index in [0.717, 1.165) is 29.1 Å². The largest absolute Gasteiger partial charge is 0.431 e. The maximum absolute atomic E-state index is 5.87. The molecule has 0 saturated carbocycles. The van der Waals surface area contributed by atoms with Crippen LogP contribution in [0.2, 0.25) is 0 Å². The molecule has 1 fully saturated rings. The fraction of sp³-hybridized carbons (Fsp3) is 0.368. The Morgan fingerprint density at radius 2 is 1.88 bits per heavy atom. The molecule has 5 heteroatoms. The second-order valence-electron chi connectivity index (χ2n) is 6.21. The summed E-state index contributed by atoms with van der Waals surface area (Å²) in [5, 5.41) is 0.643. The Kier molecular flexibility index (Phi) is 4.71. The van der Waals surface area contributed by atoms with Crippen molar-refractivity contribution in [1.29, 1.82) is 0 Å². The molecule has 0 radical (unpaired) electrons. The number of benzene rings is 1. The first-order valence-electron chi connectivity index (χ1n) is 8.57. The predicted octanol–water partition coefficient (Wildman–Crippen LogP) is 4.51. The van der Waals surface area contributed by atoms with Gasteiger partial charge in [-0.05, 0) is 62.2 Å². The molecule has 4 rings (SSSR count). The molecule has 4 nitrogen and oxygen atoms in total.